The van der Waals surface area contributed by atoms with Crippen molar-refractivity contribution < 1.29 is 4.42 Å². The Morgan fingerprint density at radius 3 is 2.07 bits per heavy atom. The van der Waals surface area contributed by atoms with Crippen LogP contribution in [0.25, 0.3) is 44.5 Å². The Bertz CT molecular complexity index is 2640. The fourth-order valence-electron chi connectivity index (χ4n) is 8.73. The molecule has 54 heavy (non-hydrogen) atoms. The molecule has 0 aliphatic heterocycles. The Hall–Kier alpha value is -6.58. The van der Waals surface area contributed by atoms with Crippen LogP contribution < -0.4 is 0 Å². The van der Waals surface area contributed by atoms with Crippen LogP contribution in [0, 0.1) is 0 Å². The van der Waals surface area contributed by atoms with Crippen LogP contribution in [0.15, 0.2) is 190 Å². The molecule has 3 heteroatoms. The van der Waals surface area contributed by atoms with Gasteiger partial charge in [0.15, 0.2) is 0 Å². The predicted octanol–water partition coefficient (Wildman–Crippen LogP) is 12.9. The second kappa shape index (κ2) is 14.1. The van der Waals surface area contributed by atoms with Gasteiger partial charge in [0.1, 0.15) is 16.8 Å². The Labute approximate surface area is 317 Å². The van der Waals surface area contributed by atoms with E-state index in [9.17, 15) is 0 Å². The van der Waals surface area contributed by atoms with Gasteiger partial charge in [-0.15, -0.1) is 0 Å². The first-order valence-corrected chi connectivity index (χ1v) is 18.7. The van der Waals surface area contributed by atoms with E-state index in [0.29, 0.717) is 0 Å². The molecule has 3 nitrogen and oxygen atoms in total. The van der Waals surface area contributed by atoms with Gasteiger partial charge in [-0.1, -0.05) is 158 Å². The van der Waals surface area contributed by atoms with Crippen LogP contribution >= 0.6 is 0 Å². The molecule has 1 heterocycles. The van der Waals surface area contributed by atoms with E-state index in [2.05, 4.69) is 145 Å². The van der Waals surface area contributed by atoms with Gasteiger partial charge >= 0.3 is 0 Å². The zero-order valence-corrected chi connectivity index (χ0v) is 30.2. The number of fused-ring (bicyclic) bond motifs is 12. The Kier molecular flexibility index (Phi) is 8.69. The lowest BCUT2D eigenvalue weighted by atomic mass is 9.72. The van der Waals surface area contributed by atoms with Crippen molar-refractivity contribution in [2.75, 3.05) is 0 Å². The summed E-state index contributed by atoms with van der Waals surface area (Å²) < 4.78 is 6.92. The lowest BCUT2D eigenvalue weighted by Crippen LogP contribution is -2.25. The highest BCUT2D eigenvalue weighted by Crippen LogP contribution is 2.64. The first-order chi connectivity index (χ1) is 26.7. The molecule has 1 unspecified atom stereocenters. The summed E-state index contributed by atoms with van der Waals surface area (Å²) in [4.78, 5) is 8.13. The first-order valence-electron chi connectivity index (χ1n) is 18.7. The van der Waals surface area contributed by atoms with Gasteiger partial charge in [0.25, 0.3) is 0 Å². The monoisotopic (exact) mass is 696 g/mol. The molecule has 1 atom stereocenters. The van der Waals surface area contributed by atoms with E-state index in [-0.39, 0.29) is 0 Å². The van der Waals surface area contributed by atoms with E-state index in [1.807, 2.05) is 48.5 Å². The van der Waals surface area contributed by atoms with Crippen molar-refractivity contribution in [3.63, 3.8) is 0 Å². The minimum atomic E-state index is -0.515. The van der Waals surface area contributed by atoms with Gasteiger partial charge in [-0.25, -0.2) is 0 Å². The summed E-state index contributed by atoms with van der Waals surface area (Å²) >= 11 is 0. The lowest BCUT2D eigenvalue weighted by Gasteiger charge is -2.28. The zero-order chi connectivity index (χ0) is 36.5. The Morgan fingerprint density at radius 1 is 0.648 bits per heavy atom. The third-order valence-corrected chi connectivity index (χ3v) is 11.0. The molecule has 3 aliphatic carbocycles. The summed E-state index contributed by atoms with van der Waals surface area (Å²) in [5.41, 5.74) is 16.5. The van der Waals surface area contributed by atoms with Gasteiger partial charge in [-0.05, 0) is 106 Å². The summed E-state index contributed by atoms with van der Waals surface area (Å²) in [7, 11) is 0. The van der Waals surface area contributed by atoms with Gasteiger partial charge < -0.3 is 4.42 Å². The maximum atomic E-state index is 6.92. The van der Waals surface area contributed by atoms with E-state index < -0.39 is 5.41 Å². The number of rotatable bonds is 7. The molecule has 0 bridgehead atoms. The molecule has 0 radical (unpaired) electrons. The van der Waals surface area contributed by atoms with E-state index in [0.717, 1.165) is 48.4 Å². The molecule has 0 amide bonds. The number of hydrogen-bond donors (Lipinski definition) is 0. The maximum Gasteiger partial charge on any atom is 0.135 e. The molecule has 7 aromatic rings. The van der Waals surface area contributed by atoms with Gasteiger partial charge in [-0.2, -0.15) is 0 Å². The van der Waals surface area contributed by atoms with Gasteiger partial charge in [0.2, 0.25) is 0 Å². The molecule has 0 fully saturated rings. The zero-order valence-electron chi connectivity index (χ0n) is 30.2. The Morgan fingerprint density at radius 2 is 1.30 bits per heavy atom. The highest BCUT2D eigenvalue weighted by molar-refractivity contribution is 6.04. The summed E-state index contributed by atoms with van der Waals surface area (Å²) in [6.07, 6.45) is 9.91. The largest absolute Gasteiger partial charge is 0.459 e. The molecule has 0 saturated carbocycles. The minimum absolute atomic E-state index is 0.515. The van der Waals surface area contributed by atoms with Crippen LogP contribution in [0.2, 0.25) is 0 Å². The van der Waals surface area contributed by atoms with Crippen molar-refractivity contribution in [3.8, 4) is 22.3 Å². The molecule has 6 aromatic carbocycles. The first kappa shape index (κ1) is 33.3. The third kappa shape index (κ3) is 5.43. The van der Waals surface area contributed by atoms with E-state index >= 15 is 0 Å². The van der Waals surface area contributed by atoms with Crippen molar-refractivity contribution in [3.05, 3.63) is 215 Å². The van der Waals surface area contributed by atoms with Crippen molar-refractivity contribution in [2.45, 2.75) is 31.2 Å². The number of allylic oxidation sites excluding steroid dienone is 5. The van der Waals surface area contributed by atoms with Crippen LogP contribution in [0.4, 0.5) is 0 Å². The minimum Gasteiger partial charge on any atom is -0.459 e. The summed E-state index contributed by atoms with van der Waals surface area (Å²) in [5, 5.41) is 1.18. The number of furan rings is 1. The van der Waals surface area contributed by atoms with Gasteiger partial charge in [-0.3, -0.25) is 9.98 Å². The molecule has 260 valence electrons. The smallest absolute Gasteiger partial charge is 0.135 e. The molecule has 3 aliphatic rings. The van der Waals surface area contributed by atoms with Crippen molar-refractivity contribution in [2.24, 2.45) is 9.98 Å². The van der Waals surface area contributed by atoms with E-state index in [4.69, 9.17) is 4.42 Å². The fraction of sp³-hybridized carbons (Fsp3) is 0.0980. The highest BCUT2D eigenvalue weighted by atomic mass is 16.3. The molecular weight excluding hydrogens is 657 g/mol. The van der Waals surface area contributed by atoms with Gasteiger partial charge in [0.05, 0.1) is 12.2 Å². The number of hydrogen-bond acceptors (Lipinski definition) is 3. The quantitative estimate of drug-likeness (QED) is 0.153. The van der Waals surface area contributed by atoms with E-state index in [1.54, 1.807) is 0 Å². The van der Waals surface area contributed by atoms with E-state index in [1.165, 1.54) is 66.6 Å². The molecule has 10 rings (SSSR count). The van der Waals surface area contributed by atoms with Crippen LogP contribution in [0.3, 0.4) is 0 Å². The predicted molar refractivity (Wildman–Crippen MR) is 226 cm³/mol. The Balaban J connectivity index is 0.000000378. The third-order valence-electron chi connectivity index (χ3n) is 11.0. The molecular formula is C51H40N2O. The molecule has 0 saturated heterocycles. The second-order valence-electron chi connectivity index (χ2n) is 14.0. The van der Waals surface area contributed by atoms with Gasteiger partial charge in [0, 0.05) is 10.9 Å². The molecule has 1 aromatic heterocycles. The van der Waals surface area contributed by atoms with Crippen LogP contribution in [-0.2, 0) is 12.0 Å². The number of benzene rings is 6. The summed E-state index contributed by atoms with van der Waals surface area (Å²) in [6.45, 7) is 8.00. The number of para-hydroxylation sites is 1. The van der Waals surface area contributed by atoms with Crippen LogP contribution in [0.5, 0.6) is 0 Å². The van der Waals surface area contributed by atoms with Crippen molar-refractivity contribution in [1.29, 1.82) is 0 Å². The number of aliphatic imine (C=N–C) groups is 2. The topological polar surface area (TPSA) is 37.9 Å². The highest BCUT2D eigenvalue weighted by Gasteiger charge is 2.55. The average Bonchev–Trinajstić information content (AvgIpc) is 3.86. The SMILES string of the molecule is C=N/C(=C\CC1=CCCC=C1c1ccc2c(c1)C1(c3ccccc3-2)c2ccccc2-c2c1oc1ccccc21)c1ccccc1.C=NCc1ccccc1. The standard InChI is InChI=1S/C43H31NO.C8H9N/c1-44-39(29-14-3-2-4-15-29)26-24-28-13-5-6-16-31(28)30-23-25-33-32-17-7-10-20-36(32)43(38(33)27-30)37-21-11-8-18-34(37)41-35-19-9-12-22-40(35)45-42(41)43;1-9-7-8-5-3-2-4-6-8/h2-4,7-23,25-27H,1,5-6,24H2;2-6H,1,7H2/b39-26-;. The lowest BCUT2D eigenvalue weighted by molar-refractivity contribution is 0.506. The molecule has 1 spiro atoms. The van der Waals surface area contributed by atoms with Crippen molar-refractivity contribution in [1.82, 2.24) is 0 Å². The number of nitrogens with zero attached hydrogens (tertiary/aromatic N) is 2. The maximum absolute atomic E-state index is 6.92. The molecule has 0 N–H and O–H groups in total. The summed E-state index contributed by atoms with van der Waals surface area (Å²) in [6, 6.07) is 53.8. The second-order valence-corrected chi connectivity index (χ2v) is 14.0. The fourth-order valence-corrected chi connectivity index (χ4v) is 8.73. The van der Waals surface area contributed by atoms with Crippen molar-refractivity contribution >= 4 is 35.7 Å². The van der Waals surface area contributed by atoms with Crippen LogP contribution in [-0.4, -0.2) is 13.4 Å². The summed E-state index contributed by atoms with van der Waals surface area (Å²) in [5.74, 6) is 1.04. The van der Waals surface area contributed by atoms with Crippen LogP contribution in [0.1, 0.15) is 58.4 Å². The average molecular weight is 697 g/mol. The normalized spacial score (nSPS) is 16.3.